The van der Waals surface area contributed by atoms with E-state index >= 15 is 0 Å². The number of hydrogen-bond donors (Lipinski definition) is 0. The molecular formula is C26H36O10. The molecule has 0 bridgehead atoms. The fourth-order valence-corrected chi connectivity index (χ4v) is 2.74. The van der Waals surface area contributed by atoms with Crippen LogP contribution in [0.15, 0.2) is 22.3 Å². The van der Waals surface area contributed by atoms with Crippen molar-refractivity contribution < 1.29 is 47.7 Å². The third-order valence-electron chi connectivity index (χ3n) is 4.42. The Kier molecular flexibility index (Phi) is 11.7. The van der Waals surface area contributed by atoms with E-state index in [-0.39, 0.29) is 50.1 Å². The van der Waals surface area contributed by atoms with Gasteiger partial charge in [0.15, 0.2) is 0 Å². The second-order valence-electron chi connectivity index (χ2n) is 10.1. The minimum absolute atomic E-state index is 0.127. The summed E-state index contributed by atoms with van der Waals surface area (Å²) in [6, 6.07) is 0. The van der Waals surface area contributed by atoms with Crippen molar-refractivity contribution in [1.29, 1.82) is 0 Å². The number of Topliss-reactive ketones (excluding diaryl/α,β-unsaturated/α-hetero) is 2. The van der Waals surface area contributed by atoms with E-state index in [2.05, 4.69) is 0 Å². The predicted octanol–water partition coefficient (Wildman–Crippen LogP) is 2.53. The number of ketones is 2. The van der Waals surface area contributed by atoms with Gasteiger partial charge in [0.1, 0.15) is 22.3 Å². The zero-order valence-corrected chi connectivity index (χ0v) is 22.2. The molecule has 0 fully saturated rings. The number of hydrogen-bond acceptors (Lipinski definition) is 10. The molecule has 0 aromatic carbocycles. The van der Waals surface area contributed by atoms with Crippen molar-refractivity contribution in [3.63, 3.8) is 0 Å². The van der Waals surface area contributed by atoms with Crippen molar-refractivity contribution >= 4 is 35.4 Å². The Hall–Kier alpha value is -3.30. The molecule has 1 rings (SSSR count). The molecule has 0 aromatic heterocycles. The summed E-state index contributed by atoms with van der Waals surface area (Å²) in [7, 11) is 0. The molecule has 1 aliphatic carbocycles. The molecule has 0 amide bonds. The van der Waals surface area contributed by atoms with Gasteiger partial charge in [-0.2, -0.15) is 0 Å². The lowest BCUT2D eigenvalue weighted by Crippen LogP contribution is -2.39. The summed E-state index contributed by atoms with van der Waals surface area (Å²) in [5.41, 5.74) is -3.92. The maximum Gasteiger partial charge on any atom is 0.343 e. The van der Waals surface area contributed by atoms with Crippen LogP contribution in [0.3, 0.4) is 0 Å². The summed E-state index contributed by atoms with van der Waals surface area (Å²) in [6.45, 7) is 13.4. The molecule has 10 heteroatoms. The van der Waals surface area contributed by atoms with Gasteiger partial charge < -0.3 is 18.9 Å². The van der Waals surface area contributed by atoms with Gasteiger partial charge in [0.05, 0.1) is 26.4 Å². The quantitative estimate of drug-likeness (QED) is 0.167. The average Bonchev–Trinajstić information content (AvgIpc) is 2.78. The average molecular weight is 509 g/mol. The zero-order valence-electron chi connectivity index (χ0n) is 22.2. The van der Waals surface area contributed by atoms with Crippen molar-refractivity contribution in [3.05, 3.63) is 22.3 Å². The monoisotopic (exact) mass is 508 g/mol. The molecule has 0 saturated carbocycles. The summed E-state index contributed by atoms with van der Waals surface area (Å²) >= 11 is 0. The van der Waals surface area contributed by atoms with Crippen LogP contribution in [0, 0.1) is 23.7 Å². The molecule has 0 N–H and O–H groups in total. The van der Waals surface area contributed by atoms with E-state index in [1.165, 1.54) is 0 Å². The molecule has 0 unspecified atom stereocenters. The van der Waals surface area contributed by atoms with Crippen LogP contribution in [0.4, 0.5) is 0 Å². The maximum absolute atomic E-state index is 13.5. The Morgan fingerprint density at radius 2 is 0.611 bits per heavy atom. The van der Waals surface area contributed by atoms with Crippen LogP contribution in [0.25, 0.3) is 0 Å². The Balaban J connectivity index is 3.72. The predicted molar refractivity (Wildman–Crippen MR) is 127 cm³/mol. The number of carbonyl (C=O) groups is 6. The minimum Gasteiger partial charge on any atom is -0.462 e. The van der Waals surface area contributed by atoms with Crippen molar-refractivity contribution in [2.24, 2.45) is 23.7 Å². The first-order chi connectivity index (χ1) is 16.7. The van der Waals surface area contributed by atoms with Gasteiger partial charge in [-0.25, -0.2) is 19.2 Å². The number of rotatable bonds is 12. The van der Waals surface area contributed by atoms with E-state index in [0.717, 1.165) is 0 Å². The molecule has 0 radical (unpaired) electrons. The number of esters is 4. The van der Waals surface area contributed by atoms with E-state index < -0.39 is 57.7 Å². The van der Waals surface area contributed by atoms with Gasteiger partial charge in [0.2, 0.25) is 11.6 Å². The Morgan fingerprint density at radius 1 is 0.444 bits per heavy atom. The van der Waals surface area contributed by atoms with Crippen LogP contribution < -0.4 is 0 Å². The highest BCUT2D eigenvalue weighted by Crippen LogP contribution is 2.29. The first kappa shape index (κ1) is 30.7. The van der Waals surface area contributed by atoms with E-state index in [4.69, 9.17) is 18.9 Å². The molecule has 1 aliphatic rings. The summed E-state index contributed by atoms with van der Waals surface area (Å²) in [5, 5.41) is 0. The number of carbonyl (C=O) groups excluding carboxylic acids is 6. The van der Waals surface area contributed by atoms with E-state index in [9.17, 15) is 28.8 Å². The third kappa shape index (κ3) is 8.42. The van der Waals surface area contributed by atoms with E-state index in [1.54, 1.807) is 55.4 Å². The molecule has 10 nitrogen and oxygen atoms in total. The van der Waals surface area contributed by atoms with Crippen molar-refractivity contribution in [1.82, 2.24) is 0 Å². The van der Waals surface area contributed by atoms with E-state index in [1.807, 2.05) is 0 Å². The van der Waals surface area contributed by atoms with E-state index in [0.29, 0.717) is 0 Å². The smallest absolute Gasteiger partial charge is 0.343 e. The molecule has 0 aliphatic heterocycles. The molecule has 0 spiro atoms. The molecule has 0 aromatic rings. The minimum atomic E-state index is -1.34. The largest absolute Gasteiger partial charge is 0.462 e. The van der Waals surface area contributed by atoms with Crippen LogP contribution in [0.1, 0.15) is 55.4 Å². The van der Waals surface area contributed by atoms with Gasteiger partial charge in [0.25, 0.3) is 0 Å². The van der Waals surface area contributed by atoms with Crippen LogP contribution >= 0.6 is 0 Å². The molecule has 0 atom stereocenters. The summed E-state index contributed by atoms with van der Waals surface area (Å²) in [5.74, 6) is -8.37. The van der Waals surface area contributed by atoms with Crippen molar-refractivity contribution in [2.45, 2.75) is 55.4 Å². The highest BCUT2D eigenvalue weighted by molar-refractivity contribution is 6.49. The van der Waals surface area contributed by atoms with Gasteiger partial charge in [-0.3, -0.25) is 9.59 Å². The Labute approximate surface area is 211 Å². The molecule has 0 heterocycles. The van der Waals surface area contributed by atoms with Crippen LogP contribution in [0.2, 0.25) is 0 Å². The molecule has 36 heavy (non-hydrogen) atoms. The maximum atomic E-state index is 13.5. The summed E-state index contributed by atoms with van der Waals surface area (Å²) in [4.78, 5) is 78.5. The second kappa shape index (κ2) is 13.7. The lowest BCUT2D eigenvalue weighted by Gasteiger charge is -2.22. The molecule has 0 saturated heterocycles. The Bertz CT molecular complexity index is 813. The third-order valence-corrected chi connectivity index (χ3v) is 4.42. The van der Waals surface area contributed by atoms with Crippen LogP contribution in [-0.4, -0.2) is 61.9 Å². The molecular weight excluding hydrogens is 472 g/mol. The zero-order chi connectivity index (χ0) is 27.7. The first-order valence-corrected chi connectivity index (χ1v) is 11.9. The molecule has 200 valence electrons. The fraction of sp³-hybridized carbons (Fsp3) is 0.615. The lowest BCUT2D eigenvalue weighted by molar-refractivity contribution is -0.149. The highest BCUT2D eigenvalue weighted by atomic mass is 16.5. The summed E-state index contributed by atoms with van der Waals surface area (Å²) in [6.07, 6.45) is 0. The fourth-order valence-electron chi connectivity index (χ4n) is 2.74. The lowest BCUT2D eigenvalue weighted by atomic mass is 9.83. The van der Waals surface area contributed by atoms with Gasteiger partial charge >= 0.3 is 23.9 Å². The van der Waals surface area contributed by atoms with Gasteiger partial charge in [-0.1, -0.05) is 55.4 Å². The van der Waals surface area contributed by atoms with Gasteiger partial charge in [-0.15, -0.1) is 0 Å². The standard InChI is InChI=1S/C26H36O10/c1-13(2)9-33-23(29)17-18(24(30)34-10-14(3)4)22(28)20(26(32)36-12-16(7)8)19(21(17)27)25(31)35-11-15(5)6/h13-16H,9-12H2,1-8H3. The second-order valence-corrected chi connectivity index (χ2v) is 10.1. The topological polar surface area (TPSA) is 139 Å². The van der Waals surface area contributed by atoms with Crippen molar-refractivity contribution in [3.8, 4) is 0 Å². The number of ether oxygens (including phenoxy) is 4. The van der Waals surface area contributed by atoms with Gasteiger partial charge in [-0.05, 0) is 23.7 Å². The van der Waals surface area contributed by atoms with Crippen LogP contribution in [0.5, 0.6) is 0 Å². The highest BCUT2D eigenvalue weighted by Gasteiger charge is 2.48. The first-order valence-electron chi connectivity index (χ1n) is 11.9. The van der Waals surface area contributed by atoms with Gasteiger partial charge in [0, 0.05) is 0 Å². The van der Waals surface area contributed by atoms with Crippen LogP contribution in [-0.2, 0) is 47.7 Å². The normalized spacial score (nSPS) is 14.2. The SMILES string of the molecule is CC(C)COC(=O)C1=C(C(=O)OCC(C)C)C(=O)C(C(=O)OCC(C)C)=C(C(=O)OCC(C)C)C1=O. The van der Waals surface area contributed by atoms with Crippen molar-refractivity contribution in [2.75, 3.05) is 26.4 Å². The summed E-state index contributed by atoms with van der Waals surface area (Å²) < 4.78 is 20.4. The Morgan fingerprint density at radius 3 is 0.750 bits per heavy atom.